The number of likely N-dealkylation sites (tertiary alicyclic amines) is 2. The van der Waals surface area contributed by atoms with Gasteiger partial charge in [0, 0.05) is 12.1 Å². The lowest BCUT2D eigenvalue weighted by atomic mass is 9.84. The minimum absolute atomic E-state index is 0.00348. The first-order valence-corrected chi connectivity index (χ1v) is 26.7. The average Bonchev–Trinajstić information content (AvgIpc) is 4.10. The monoisotopic (exact) mass is 968 g/mol. The first-order valence-electron chi connectivity index (χ1n) is 26.7. The molecule has 4 bridgehead atoms. The van der Waals surface area contributed by atoms with E-state index in [-0.39, 0.29) is 36.0 Å². The van der Waals surface area contributed by atoms with Crippen molar-refractivity contribution >= 4 is 46.1 Å². The van der Waals surface area contributed by atoms with Gasteiger partial charge in [-0.3, -0.25) is 9.59 Å². The third-order valence-electron chi connectivity index (χ3n) is 18.0. The lowest BCUT2D eigenvalue weighted by Crippen LogP contribution is -2.53. The number of imidazole rings is 2. The second-order valence-electron chi connectivity index (χ2n) is 22.2. The molecule has 16 rings (SSSR count). The van der Waals surface area contributed by atoms with E-state index in [1.807, 2.05) is 0 Å². The molecule has 4 amide bonds. The highest BCUT2D eigenvalue weighted by atomic mass is 16.5. The van der Waals surface area contributed by atoms with Gasteiger partial charge in [0.25, 0.3) is 0 Å². The first kappa shape index (κ1) is 45.2. The molecule has 4 N–H and O–H groups in total. The van der Waals surface area contributed by atoms with Crippen molar-refractivity contribution in [3.05, 3.63) is 107 Å². The number of rotatable bonds is 8. The first-order chi connectivity index (χ1) is 35.1. The second-order valence-corrected chi connectivity index (χ2v) is 22.2. The van der Waals surface area contributed by atoms with Gasteiger partial charge in [0.1, 0.15) is 22.7 Å². The van der Waals surface area contributed by atoms with Crippen LogP contribution in [0.4, 0.5) is 9.59 Å². The molecule has 6 fully saturated rings. The van der Waals surface area contributed by atoms with Crippen molar-refractivity contribution in [2.24, 2.45) is 11.8 Å². The number of ether oxygens (including phenoxy) is 2. The van der Waals surface area contributed by atoms with Crippen molar-refractivity contribution in [1.29, 1.82) is 0 Å². The number of alkyl carbamates (subject to hydrolysis) is 2. The van der Waals surface area contributed by atoms with E-state index in [9.17, 15) is 19.2 Å². The van der Waals surface area contributed by atoms with Crippen LogP contribution in [0, 0.1) is 11.8 Å². The molecule has 2 aromatic heterocycles. The highest BCUT2D eigenvalue weighted by Crippen LogP contribution is 2.52. The van der Waals surface area contributed by atoms with Gasteiger partial charge in [-0.05, 0) is 171 Å². The Morgan fingerprint density at radius 3 is 1.40 bits per heavy atom. The molecule has 4 aromatic carbocycles. The summed E-state index contributed by atoms with van der Waals surface area (Å²) in [4.78, 5) is 75.5. The molecule has 10 aliphatic rings. The Labute approximate surface area is 419 Å². The molecule has 4 saturated carbocycles. The summed E-state index contributed by atoms with van der Waals surface area (Å²) in [6.45, 7) is 0. The van der Waals surface area contributed by atoms with E-state index in [2.05, 4.69) is 103 Å². The van der Waals surface area contributed by atoms with E-state index >= 15 is 0 Å². The van der Waals surface area contributed by atoms with Crippen molar-refractivity contribution in [2.75, 3.05) is 14.2 Å². The van der Waals surface area contributed by atoms with Crippen molar-refractivity contribution in [2.45, 2.75) is 151 Å². The maximum Gasteiger partial charge on any atom is 0.407 e. The Bertz CT molecular complexity index is 2960. The molecule has 6 atom stereocenters. The van der Waals surface area contributed by atoms with Gasteiger partial charge in [0.2, 0.25) is 11.8 Å². The Hall–Kier alpha value is -6.70. The van der Waals surface area contributed by atoms with Crippen molar-refractivity contribution < 1.29 is 28.7 Å². The molecule has 0 spiro atoms. The minimum Gasteiger partial charge on any atom is -0.453 e. The SMILES string of the molecule is COC(=O)NC1(C(=O)N2[C@H](c3nc4ccc(-c5cc6ccc5CCc5ccc(c(-c7ccc8nc([C@@H]9C[C@@H]%10CCCC[C@@H]%10N9C(=O)C9(NC(=O)OC)CC9)[nH]c8c7)c5)CC6)cc4[nH]3)C[C@@H]3CCCC[C@@H]32)CC1. The number of carbonyl (C=O) groups is 4. The summed E-state index contributed by atoms with van der Waals surface area (Å²) in [6.07, 6.45) is 15.3. The molecular weight excluding hydrogens is 905 g/mol. The lowest BCUT2D eigenvalue weighted by molar-refractivity contribution is -0.139. The molecule has 0 unspecified atom stereocenters. The van der Waals surface area contributed by atoms with Gasteiger partial charge >= 0.3 is 12.2 Å². The fraction of sp³-hybridized carbons (Fsp3) is 0.483. The number of methoxy groups -OCH3 is 2. The van der Waals surface area contributed by atoms with Crippen LogP contribution in [0.25, 0.3) is 44.3 Å². The van der Waals surface area contributed by atoms with E-state index in [4.69, 9.17) is 19.4 Å². The van der Waals surface area contributed by atoms with Crippen LogP contribution in [-0.2, 0) is 44.7 Å². The van der Waals surface area contributed by atoms with E-state index in [1.54, 1.807) is 0 Å². The lowest BCUT2D eigenvalue weighted by Gasteiger charge is -2.36. The number of fused-ring (bicyclic) bond motifs is 4. The predicted octanol–water partition coefficient (Wildman–Crippen LogP) is 10.1. The molecule has 0 radical (unpaired) electrons. The van der Waals surface area contributed by atoms with Gasteiger partial charge in [0.15, 0.2) is 0 Å². The fourth-order valence-electron chi connectivity index (χ4n) is 13.8. The summed E-state index contributed by atoms with van der Waals surface area (Å²) in [6, 6.07) is 27.0. The smallest absolute Gasteiger partial charge is 0.407 e. The fourth-order valence-corrected chi connectivity index (χ4v) is 13.8. The zero-order valence-corrected chi connectivity index (χ0v) is 41.4. The summed E-state index contributed by atoms with van der Waals surface area (Å²) < 4.78 is 9.86. The van der Waals surface area contributed by atoms with Crippen LogP contribution >= 0.6 is 0 Å². The summed E-state index contributed by atoms with van der Waals surface area (Å²) in [5.74, 6) is 2.47. The molecular formula is C58H64N8O6. The number of aromatic amines is 2. The standard InChI is InChI=1S/C58H64N8O6/c1-71-55(69)63-57(23-24-57)53(67)65-47-9-5-3-7-39(47)31-49(65)51-59-43-21-19-37(29-45(43)61-51)41-27-33-11-15-35(41)17-13-34-12-16-36(18-14-33)42(28-34)38-20-22-44-46(30-38)62-52(60-44)50-32-40-8-4-6-10-48(40)66(50)54(68)58(25-26-58)64-56(70)72-2/h11-12,15-16,19-22,27-30,39-40,47-50H,3-10,13-14,17-18,23-26,31-32H2,1-2H3,(H,59,61)(H,60,62)(H,63,69)(H,64,70)/t39-,40-,47-,48-,49-,50-/m0/s1. The summed E-state index contributed by atoms with van der Waals surface area (Å²) in [7, 11) is 2.69. The number of aromatic nitrogens is 4. The van der Waals surface area contributed by atoms with Crippen LogP contribution in [0.2, 0.25) is 0 Å². The number of H-pyrrole nitrogens is 2. The summed E-state index contributed by atoms with van der Waals surface area (Å²) in [5.41, 5.74) is 11.9. The molecule has 72 heavy (non-hydrogen) atoms. The zero-order valence-electron chi connectivity index (χ0n) is 41.4. The molecule has 8 aliphatic carbocycles. The number of benzene rings is 4. The molecule has 6 aromatic rings. The van der Waals surface area contributed by atoms with E-state index in [0.29, 0.717) is 37.5 Å². The molecule has 2 saturated heterocycles. The van der Waals surface area contributed by atoms with Gasteiger partial charge in [0.05, 0.1) is 48.4 Å². The minimum atomic E-state index is -0.892. The number of nitrogens with zero attached hydrogens (tertiary/aromatic N) is 4. The van der Waals surface area contributed by atoms with Crippen LogP contribution in [0.5, 0.6) is 0 Å². The number of carbonyl (C=O) groups excluding carboxylic acids is 4. The maximum absolute atomic E-state index is 14.4. The topological polar surface area (TPSA) is 175 Å². The number of amides is 4. The molecule has 2 aliphatic heterocycles. The van der Waals surface area contributed by atoms with Crippen molar-refractivity contribution in [3.63, 3.8) is 0 Å². The largest absolute Gasteiger partial charge is 0.453 e. The zero-order chi connectivity index (χ0) is 48.9. The van der Waals surface area contributed by atoms with Crippen LogP contribution in [0.3, 0.4) is 0 Å². The number of hydrogen-bond acceptors (Lipinski definition) is 8. The van der Waals surface area contributed by atoms with Gasteiger partial charge in [-0.1, -0.05) is 74.2 Å². The number of hydrogen-bond donors (Lipinski definition) is 4. The third kappa shape index (κ3) is 7.82. The Morgan fingerprint density at radius 2 is 0.986 bits per heavy atom. The number of nitrogens with one attached hydrogen (secondary N) is 4. The second kappa shape index (κ2) is 17.5. The molecule has 372 valence electrons. The maximum atomic E-state index is 14.4. The third-order valence-corrected chi connectivity index (χ3v) is 18.0. The van der Waals surface area contributed by atoms with Crippen molar-refractivity contribution in [1.82, 2.24) is 40.4 Å². The number of aryl methyl sites for hydroxylation is 4. The quantitative estimate of drug-likeness (QED) is 0.117. The Balaban J connectivity index is 0.760. The van der Waals surface area contributed by atoms with Gasteiger partial charge in [-0.25, -0.2) is 19.6 Å². The van der Waals surface area contributed by atoms with E-state index < -0.39 is 23.3 Å². The van der Waals surface area contributed by atoms with Crippen LogP contribution in [0.1, 0.15) is 136 Å². The van der Waals surface area contributed by atoms with Gasteiger partial charge < -0.3 is 39.9 Å². The molecule has 14 nitrogen and oxygen atoms in total. The van der Waals surface area contributed by atoms with Crippen LogP contribution in [-0.4, -0.2) is 91.1 Å². The normalized spacial score (nSPS) is 25.6. The highest BCUT2D eigenvalue weighted by Gasteiger charge is 2.60. The van der Waals surface area contributed by atoms with Crippen LogP contribution < -0.4 is 10.6 Å². The summed E-state index contributed by atoms with van der Waals surface area (Å²) in [5, 5.41) is 5.78. The van der Waals surface area contributed by atoms with Gasteiger partial charge in [-0.15, -0.1) is 0 Å². The highest BCUT2D eigenvalue weighted by molar-refractivity contribution is 5.95. The summed E-state index contributed by atoms with van der Waals surface area (Å²) >= 11 is 0. The van der Waals surface area contributed by atoms with Gasteiger partial charge in [-0.2, -0.15) is 0 Å². The molecule has 14 heteroatoms. The van der Waals surface area contributed by atoms with E-state index in [0.717, 1.165) is 122 Å². The predicted molar refractivity (Wildman–Crippen MR) is 273 cm³/mol. The van der Waals surface area contributed by atoms with E-state index in [1.165, 1.54) is 60.4 Å². The molecule has 4 heterocycles. The Kier molecular flexibility index (Phi) is 11.0. The van der Waals surface area contributed by atoms with Crippen LogP contribution in [0.15, 0.2) is 72.8 Å². The average molecular weight is 969 g/mol. The van der Waals surface area contributed by atoms with Crippen molar-refractivity contribution in [3.8, 4) is 22.3 Å². The Morgan fingerprint density at radius 1 is 0.556 bits per heavy atom.